The second-order valence-corrected chi connectivity index (χ2v) is 9.18. The fraction of sp³-hybridized carbons (Fsp3) is 0.632. The number of nitrogens with zero attached hydrogens (tertiary/aromatic N) is 1. The van der Waals surface area contributed by atoms with E-state index in [1.54, 1.807) is 4.90 Å². The summed E-state index contributed by atoms with van der Waals surface area (Å²) in [5.41, 5.74) is 7.36. The Hall–Kier alpha value is -0.980. The predicted molar refractivity (Wildman–Crippen MR) is 108 cm³/mol. The Morgan fingerprint density at radius 1 is 1.42 bits per heavy atom. The summed E-state index contributed by atoms with van der Waals surface area (Å²) in [4.78, 5) is 14.1. The van der Waals surface area contributed by atoms with Crippen LogP contribution < -0.4 is 5.73 Å². The predicted octanol–water partition coefficient (Wildman–Crippen LogP) is 4.48. The first-order chi connectivity index (χ1) is 12.1. The Morgan fingerprint density at radius 2 is 2.12 bits per heavy atom. The summed E-state index contributed by atoms with van der Waals surface area (Å²) in [5.74, 6) is 0.531. The second-order valence-electron chi connectivity index (χ2n) is 7.92. The number of rotatable bonds is 4. The van der Waals surface area contributed by atoms with Crippen molar-refractivity contribution in [1.29, 1.82) is 0 Å². The minimum Gasteiger partial charge on any atom is -0.444 e. The van der Waals surface area contributed by atoms with E-state index in [9.17, 15) is 9.90 Å². The number of aliphatic hydroxyl groups is 1. The Kier molecular flexibility index (Phi) is 7.22. The molecule has 0 aliphatic carbocycles. The fourth-order valence-corrected chi connectivity index (χ4v) is 3.94. The molecule has 1 aromatic rings. The number of carbonyl (C=O) groups is 1. The number of anilines is 1. The lowest BCUT2D eigenvalue weighted by Crippen LogP contribution is -2.46. The molecular formula is C19H28BrClN2O3. The van der Waals surface area contributed by atoms with Crippen LogP contribution in [0.2, 0.25) is 5.02 Å². The molecule has 0 radical (unpaired) electrons. The van der Waals surface area contributed by atoms with E-state index < -0.39 is 5.60 Å². The van der Waals surface area contributed by atoms with Crippen LogP contribution in [0.25, 0.3) is 0 Å². The summed E-state index contributed by atoms with van der Waals surface area (Å²) < 4.78 is 6.27. The zero-order valence-electron chi connectivity index (χ0n) is 15.6. The number of nitrogens with two attached hydrogens (primary N) is 1. The molecule has 146 valence electrons. The maximum Gasteiger partial charge on any atom is 0.410 e. The van der Waals surface area contributed by atoms with Gasteiger partial charge in [-0.2, -0.15) is 0 Å². The molecule has 1 aliphatic heterocycles. The third-order valence-corrected chi connectivity index (χ3v) is 5.90. The summed E-state index contributed by atoms with van der Waals surface area (Å²) in [5, 5.41) is 10.1. The van der Waals surface area contributed by atoms with Gasteiger partial charge in [0.15, 0.2) is 0 Å². The van der Waals surface area contributed by atoms with Crippen molar-refractivity contribution in [3.63, 3.8) is 0 Å². The molecule has 3 N–H and O–H groups in total. The molecule has 1 fully saturated rings. The molecule has 26 heavy (non-hydrogen) atoms. The number of benzene rings is 1. The zero-order chi connectivity index (χ0) is 19.5. The Balaban J connectivity index is 2.09. The molecule has 0 bridgehead atoms. The van der Waals surface area contributed by atoms with Crippen LogP contribution in [-0.2, 0) is 11.2 Å². The number of halogens is 2. The first kappa shape index (κ1) is 21.3. The second kappa shape index (κ2) is 8.81. The van der Waals surface area contributed by atoms with Crippen molar-refractivity contribution >= 4 is 39.3 Å². The van der Waals surface area contributed by atoms with E-state index in [-0.39, 0.29) is 18.6 Å². The maximum absolute atomic E-state index is 12.4. The van der Waals surface area contributed by atoms with Crippen LogP contribution in [0, 0.1) is 11.8 Å². The number of carbonyl (C=O) groups excluding carboxylic acids is 1. The lowest BCUT2D eigenvalue weighted by molar-refractivity contribution is 0.00786. The van der Waals surface area contributed by atoms with Crippen LogP contribution in [0.5, 0.6) is 0 Å². The molecule has 7 heteroatoms. The van der Waals surface area contributed by atoms with Crippen molar-refractivity contribution in [2.24, 2.45) is 11.8 Å². The highest BCUT2D eigenvalue weighted by Crippen LogP contribution is 2.34. The summed E-state index contributed by atoms with van der Waals surface area (Å²) in [6.07, 6.45) is 1.99. The maximum atomic E-state index is 12.4. The smallest absolute Gasteiger partial charge is 0.410 e. The van der Waals surface area contributed by atoms with Crippen LogP contribution in [-0.4, -0.2) is 41.4 Å². The molecule has 2 atom stereocenters. The van der Waals surface area contributed by atoms with Gasteiger partial charge >= 0.3 is 6.09 Å². The number of ether oxygens (including phenoxy) is 1. The zero-order valence-corrected chi connectivity index (χ0v) is 17.9. The van der Waals surface area contributed by atoms with Crippen LogP contribution >= 0.6 is 27.5 Å². The molecule has 1 saturated heterocycles. The van der Waals surface area contributed by atoms with Gasteiger partial charge in [0.2, 0.25) is 0 Å². The normalized spacial score (nSPS) is 20.9. The van der Waals surface area contributed by atoms with Crippen molar-refractivity contribution in [3.8, 4) is 0 Å². The molecule has 0 saturated carbocycles. The van der Waals surface area contributed by atoms with Crippen LogP contribution in [0.15, 0.2) is 16.6 Å². The number of aliphatic hydroxyl groups excluding tert-OH is 1. The average Bonchev–Trinajstić information content (AvgIpc) is 2.52. The molecule has 1 aliphatic rings. The van der Waals surface area contributed by atoms with Gasteiger partial charge in [-0.05, 0) is 85.5 Å². The van der Waals surface area contributed by atoms with Gasteiger partial charge in [0.05, 0.1) is 5.02 Å². The van der Waals surface area contributed by atoms with Crippen LogP contribution in [0.1, 0.15) is 39.2 Å². The van der Waals surface area contributed by atoms with E-state index in [2.05, 4.69) is 15.9 Å². The molecule has 1 unspecified atom stereocenters. The van der Waals surface area contributed by atoms with Gasteiger partial charge in [0, 0.05) is 29.9 Å². The molecule has 0 spiro atoms. The van der Waals surface area contributed by atoms with Gasteiger partial charge in [0.25, 0.3) is 0 Å². The van der Waals surface area contributed by atoms with Gasteiger partial charge in [0.1, 0.15) is 5.60 Å². The summed E-state index contributed by atoms with van der Waals surface area (Å²) in [6.45, 7) is 6.92. The lowest BCUT2D eigenvalue weighted by Gasteiger charge is -2.39. The number of hydrogen-bond donors (Lipinski definition) is 2. The fourth-order valence-electron chi connectivity index (χ4n) is 3.40. The van der Waals surface area contributed by atoms with Gasteiger partial charge in [-0.15, -0.1) is 0 Å². The highest BCUT2D eigenvalue weighted by molar-refractivity contribution is 9.10. The third kappa shape index (κ3) is 5.76. The standard InChI is InChI=1S/C19H28BrClN2O3/c1-19(2,3)26-18(25)23-6-4-12(13(11-23)5-7-24)8-14-9-16(21)15(20)10-17(14)22/h9-10,12-13,24H,4-8,11,22H2,1-3H3/t12?,13-/m1/s1. The van der Waals surface area contributed by atoms with E-state index in [1.807, 2.05) is 32.9 Å². The van der Waals surface area contributed by atoms with E-state index >= 15 is 0 Å². The van der Waals surface area contributed by atoms with Crippen LogP contribution in [0.3, 0.4) is 0 Å². The van der Waals surface area contributed by atoms with Crippen LogP contribution in [0.4, 0.5) is 10.5 Å². The first-order valence-electron chi connectivity index (χ1n) is 8.93. The Bertz CT molecular complexity index is 648. The minimum atomic E-state index is -0.511. The van der Waals surface area contributed by atoms with Gasteiger partial charge in [-0.25, -0.2) is 4.79 Å². The molecule has 1 amide bonds. The first-order valence-corrected chi connectivity index (χ1v) is 10.1. The van der Waals surface area contributed by atoms with E-state index in [1.165, 1.54) is 0 Å². The van der Waals surface area contributed by atoms with Crippen molar-refractivity contribution in [2.45, 2.75) is 45.6 Å². The molecule has 1 aromatic carbocycles. The topological polar surface area (TPSA) is 75.8 Å². The summed E-state index contributed by atoms with van der Waals surface area (Å²) >= 11 is 9.60. The molecule has 1 heterocycles. The van der Waals surface area contributed by atoms with E-state index in [0.29, 0.717) is 36.1 Å². The quantitative estimate of drug-likeness (QED) is 0.667. The summed E-state index contributed by atoms with van der Waals surface area (Å²) in [6, 6.07) is 3.73. The highest BCUT2D eigenvalue weighted by atomic mass is 79.9. The van der Waals surface area contributed by atoms with Gasteiger partial charge in [-0.3, -0.25) is 0 Å². The summed E-state index contributed by atoms with van der Waals surface area (Å²) in [7, 11) is 0. The molecule has 5 nitrogen and oxygen atoms in total. The van der Waals surface area contributed by atoms with Crippen molar-refractivity contribution < 1.29 is 14.6 Å². The van der Waals surface area contributed by atoms with Crippen molar-refractivity contribution in [3.05, 3.63) is 27.2 Å². The number of hydrogen-bond acceptors (Lipinski definition) is 4. The largest absolute Gasteiger partial charge is 0.444 e. The Labute approximate surface area is 169 Å². The molecular weight excluding hydrogens is 420 g/mol. The van der Waals surface area contributed by atoms with Gasteiger partial charge in [-0.1, -0.05) is 11.6 Å². The number of nitrogen functional groups attached to an aromatic ring is 1. The van der Waals surface area contributed by atoms with E-state index in [0.717, 1.165) is 22.9 Å². The Morgan fingerprint density at radius 3 is 2.73 bits per heavy atom. The van der Waals surface area contributed by atoms with Gasteiger partial charge < -0.3 is 20.5 Å². The van der Waals surface area contributed by atoms with Crippen molar-refractivity contribution in [2.75, 3.05) is 25.4 Å². The average molecular weight is 448 g/mol. The number of amides is 1. The lowest BCUT2D eigenvalue weighted by atomic mass is 9.79. The minimum absolute atomic E-state index is 0.0971. The number of piperidine rings is 1. The highest BCUT2D eigenvalue weighted by Gasteiger charge is 2.33. The molecule has 2 rings (SSSR count). The molecule has 0 aromatic heterocycles. The van der Waals surface area contributed by atoms with E-state index in [4.69, 9.17) is 22.1 Å². The third-order valence-electron chi connectivity index (χ3n) is 4.71. The number of likely N-dealkylation sites (tertiary alicyclic amines) is 1. The van der Waals surface area contributed by atoms with Crippen molar-refractivity contribution in [1.82, 2.24) is 4.90 Å². The monoisotopic (exact) mass is 446 g/mol. The SMILES string of the molecule is CC(C)(C)OC(=O)N1CCC(Cc2cc(Cl)c(Br)cc2N)[C@H](CCO)C1.